The fraction of sp³-hybridized carbons (Fsp3) is 0.458. The third-order valence-corrected chi connectivity index (χ3v) is 16.9. The van der Waals surface area contributed by atoms with E-state index in [0.717, 1.165) is 38.5 Å². The van der Waals surface area contributed by atoms with Gasteiger partial charge in [0.15, 0.2) is 0 Å². The molecular formula is C59H71BN2. The maximum Gasteiger partial charge on any atom is 0.226 e. The fourth-order valence-corrected chi connectivity index (χ4v) is 12.7. The van der Waals surface area contributed by atoms with Crippen molar-refractivity contribution >= 4 is 34.7 Å². The van der Waals surface area contributed by atoms with Crippen molar-refractivity contribution in [1.82, 2.24) is 0 Å². The Hall–Kier alpha value is -4.50. The summed E-state index contributed by atoms with van der Waals surface area (Å²) in [5.41, 5.74) is 19.1. The molecule has 5 unspecified atom stereocenters. The predicted octanol–water partition coefficient (Wildman–Crippen LogP) is 14.3. The van der Waals surface area contributed by atoms with Crippen molar-refractivity contribution in [2.75, 3.05) is 9.80 Å². The third-order valence-electron chi connectivity index (χ3n) is 16.9. The minimum absolute atomic E-state index is 0.0322. The van der Waals surface area contributed by atoms with Crippen LogP contribution < -0.4 is 20.7 Å². The van der Waals surface area contributed by atoms with Crippen molar-refractivity contribution in [1.29, 1.82) is 0 Å². The summed E-state index contributed by atoms with van der Waals surface area (Å²) < 4.78 is 0. The minimum atomic E-state index is -0.274. The summed E-state index contributed by atoms with van der Waals surface area (Å²) in [4.78, 5) is 5.66. The molecular weight excluding hydrogens is 747 g/mol. The molecule has 2 nitrogen and oxygen atoms in total. The summed E-state index contributed by atoms with van der Waals surface area (Å²) in [6.45, 7) is 29.5. The van der Waals surface area contributed by atoms with E-state index in [1.54, 1.807) is 11.1 Å². The van der Waals surface area contributed by atoms with E-state index < -0.39 is 0 Å². The molecule has 0 saturated carbocycles. The van der Waals surface area contributed by atoms with Crippen LogP contribution in [0.4, 0.5) is 17.1 Å². The Morgan fingerprint density at radius 3 is 2.10 bits per heavy atom. The smallest absolute Gasteiger partial charge is 0.226 e. The highest BCUT2D eigenvalue weighted by Gasteiger charge is 2.52. The van der Waals surface area contributed by atoms with Crippen LogP contribution in [0.25, 0.3) is 0 Å². The van der Waals surface area contributed by atoms with Crippen LogP contribution in [0.1, 0.15) is 138 Å². The molecule has 3 aromatic carbocycles. The van der Waals surface area contributed by atoms with Gasteiger partial charge in [-0.15, -0.1) is 0 Å². The molecule has 3 aromatic rings. The number of nitrogens with zero attached hydrogens (tertiary/aromatic N) is 2. The SMILES string of the molecule is CC(C)(C)C1=CC=C(N2c3ccc(C(C)(C)C)cc3B3c4c2cc2cc4N(C4=CC=C(C(C)(C)C)CC34)C3C=CCC(C3)C(C)(C)C3=CC(CC=C3)C2(C)c2ccccc2)CC1. The van der Waals surface area contributed by atoms with Crippen molar-refractivity contribution < 1.29 is 0 Å². The maximum atomic E-state index is 2.90. The van der Waals surface area contributed by atoms with Crippen LogP contribution in [-0.4, -0.2) is 12.8 Å². The van der Waals surface area contributed by atoms with Gasteiger partial charge in [0, 0.05) is 33.9 Å². The first-order chi connectivity index (χ1) is 29.3. The van der Waals surface area contributed by atoms with Crippen LogP contribution in [-0.2, 0) is 10.8 Å². The topological polar surface area (TPSA) is 6.48 Å². The summed E-state index contributed by atoms with van der Waals surface area (Å²) in [6, 6.07) is 24.8. The summed E-state index contributed by atoms with van der Waals surface area (Å²) in [7, 11) is 0. The molecule has 3 heteroatoms. The monoisotopic (exact) mass is 819 g/mol. The first kappa shape index (κ1) is 41.5. The van der Waals surface area contributed by atoms with E-state index in [0.29, 0.717) is 17.7 Å². The lowest BCUT2D eigenvalue weighted by molar-refractivity contribution is 0.235. The molecule has 0 fully saturated rings. The Morgan fingerprint density at radius 2 is 1.40 bits per heavy atom. The van der Waals surface area contributed by atoms with Gasteiger partial charge in [0.25, 0.3) is 0 Å². The Kier molecular flexibility index (Phi) is 9.54. The molecule has 320 valence electrons. The Balaban J connectivity index is 1.34. The van der Waals surface area contributed by atoms with Gasteiger partial charge >= 0.3 is 0 Å². The van der Waals surface area contributed by atoms with E-state index in [1.165, 1.54) is 61.6 Å². The van der Waals surface area contributed by atoms with Gasteiger partial charge in [-0.05, 0) is 141 Å². The largest absolute Gasteiger partial charge is 0.339 e. The zero-order chi connectivity index (χ0) is 43.7. The van der Waals surface area contributed by atoms with E-state index in [4.69, 9.17) is 0 Å². The highest BCUT2D eigenvalue weighted by molar-refractivity contribution is 6.91. The number of fused-ring (bicyclic) bond motifs is 10. The molecule has 6 bridgehead atoms. The third kappa shape index (κ3) is 6.48. The van der Waals surface area contributed by atoms with Crippen LogP contribution >= 0.6 is 0 Å². The molecule has 0 aromatic heterocycles. The van der Waals surface area contributed by atoms with Crippen molar-refractivity contribution in [2.24, 2.45) is 28.1 Å². The molecule has 5 atom stereocenters. The number of anilines is 3. The van der Waals surface area contributed by atoms with Crippen LogP contribution in [0.3, 0.4) is 0 Å². The predicted molar refractivity (Wildman–Crippen MR) is 268 cm³/mol. The lowest BCUT2D eigenvalue weighted by Gasteiger charge is -2.54. The number of hydrogen-bond acceptors (Lipinski definition) is 2. The molecule has 0 saturated heterocycles. The standard InChI is InChI=1S/C59H71BN2/c1-55(2,3)38-24-28-46(29-25-38)61-50-30-26-40(56(4,5)6)34-48(50)60-49-35-41(57(7,8)9)27-31-51(49)62-47-23-17-21-43(33-47)58(10,11)42-20-16-22-44(32-42)59(12,39-18-14-13-15-19-39)45-36-52(61)54(60)53(62)37-45/h13-20,23-24,26-28,30-32,34,36-37,43-44,47,49H,21-22,25,29,33,35H2,1-12H3. The van der Waals surface area contributed by atoms with Gasteiger partial charge in [0.05, 0.1) is 6.04 Å². The van der Waals surface area contributed by atoms with Gasteiger partial charge in [-0.2, -0.15) is 0 Å². The zero-order valence-electron chi connectivity index (χ0n) is 40.0. The molecule has 0 N–H and O–H groups in total. The molecule has 0 radical (unpaired) electrons. The van der Waals surface area contributed by atoms with Gasteiger partial charge in [-0.25, -0.2) is 0 Å². The molecule has 4 aliphatic carbocycles. The van der Waals surface area contributed by atoms with Gasteiger partial charge < -0.3 is 9.80 Å². The summed E-state index contributed by atoms with van der Waals surface area (Å²) in [5, 5.41) is 0. The number of hydrogen-bond donors (Lipinski definition) is 0. The number of benzene rings is 3. The fourth-order valence-electron chi connectivity index (χ4n) is 12.7. The second-order valence-electron chi connectivity index (χ2n) is 23.9. The molecule has 0 spiro atoms. The average molecular weight is 819 g/mol. The lowest BCUT2D eigenvalue weighted by Crippen LogP contribution is -2.61. The molecule has 10 rings (SSSR count). The van der Waals surface area contributed by atoms with E-state index in [1.807, 2.05) is 0 Å². The Bertz CT molecular complexity index is 2550. The lowest BCUT2D eigenvalue weighted by atomic mass is 9.28. The van der Waals surface area contributed by atoms with Crippen LogP contribution in [0, 0.1) is 28.1 Å². The summed E-state index contributed by atoms with van der Waals surface area (Å²) in [5.74, 6) is 1.16. The molecule has 3 heterocycles. The molecule has 3 aliphatic heterocycles. The van der Waals surface area contributed by atoms with Gasteiger partial charge in [-0.1, -0.05) is 179 Å². The zero-order valence-corrected chi connectivity index (χ0v) is 40.0. The van der Waals surface area contributed by atoms with E-state index in [2.05, 4.69) is 208 Å². The van der Waals surface area contributed by atoms with Crippen molar-refractivity contribution in [3.8, 4) is 0 Å². The molecule has 7 aliphatic rings. The summed E-state index contributed by atoms with van der Waals surface area (Å²) >= 11 is 0. The van der Waals surface area contributed by atoms with Crippen molar-refractivity contribution in [2.45, 2.75) is 144 Å². The highest BCUT2D eigenvalue weighted by atomic mass is 15.2. The second-order valence-corrected chi connectivity index (χ2v) is 23.9. The van der Waals surface area contributed by atoms with E-state index >= 15 is 0 Å². The van der Waals surface area contributed by atoms with Crippen molar-refractivity contribution in [3.05, 3.63) is 160 Å². The number of rotatable bonds is 2. The second kappa shape index (κ2) is 14.3. The Labute approximate surface area is 375 Å². The highest BCUT2D eigenvalue weighted by Crippen LogP contribution is 2.56. The van der Waals surface area contributed by atoms with Gasteiger partial charge in [0.1, 0.15) is 0 Å². The number of allylic oxidation sites excluding steroid dienone is 13. The molecule has 62 heavy (non-hydrogen) atoms. The van der Waals surface area contributed by atoms with Crippen LogP contribution in [0.2, 0.25) is 5.82 Å². The summed E-state index contributed by atoms with van der Waals surface area (Å²) in [6.07, 6.45) is 29.4. The van der Waals surface area contributed by atoms with Crippen LogP contribution in [0.15, 0.2) is 143 Å². The normalized spacial score (nSPS) is 27.4. The van der Waals surface area contributed by atoms with E-state index in [-0.39, 0.29) is 39.8 Å². The van der Waals surface area contributed by atoms with E-state index in [9.17, 15) is 0 Å². The van der Waals surface area contributed by atoms with Crippen LogP contribution in [0.5, 0.6) is 0 Å². The van der Waals surface area contributed by atoms with Gasteiger partial charge in [-0.3, -0.25) is 0 Å². The minimum Gasteiger partial charge on any atom is -0.339 e. The van der Waals surface area contributed by atoms with Crippen molar-refractivity contribution in [3.63, 3.8) is 0 Å². The first-order valence-corrected chi connectivity index (χ1v) is 24.1. The Morgan fingerprint density at radius 1 is 0.677 bits per heavy atom. The maximum absolute atomic E-state index is 2.90. The van der Waals surface area contributed by atoms with Gasteiger partial charge in [0.2, 0.25) is 6.71 Å². The average Bonchev–Trinajstić information content (AvgIpc) is 3.24. The first-order valence-electron chi connectivity index (χ1n) is 24.1. The quantitative estimate of drug-likeness (QED) is 0.188. The molecule has 0 amide bonds.